The van der Waals surface area contributed by atoms with Crippen molar-refractivity contribution >= 4 is 11.8 Å². The van der Waals surface area contributed by atoms with E-state index in [0.717, 1.165) is 36.2 Å². The van der Waals surface area contributed by atoms with Crippen molar-refractivity contribution in [3.05, 3.63) is 130 Å². The number of hydrogen-bond acceptors (Lipinski definition) is 5. The van der Waals surface area contributed by atoms with E-state index in [1.54, 1.807) is 30.4 Å². The molecule has 8 heteroatoms. The Labute approximate surface area is 268 Å². The number of halogens is 3. The van der Waals surface area contributed by atoms with E-state index < -0.39 is 34.3 Å². The Kier molecular flexibility index (Phi) is 10.1. The van der Waals surface area contributed by atoms with Gasteiger partial charge in [-0.05, 0) is 60.9 Å². The molecule has 4 rings (SSSR count). The molecule has 0 bridgehead atoms. The maximum absolute atomic E-state index is 15.0. The summed E-state index contributed by atoms with van der Waals surface area (Å²) in [5.41, 5.74) is -0.952. The molecule has 5 nitrogen and oxygen atoms in total. The van der Waals surface area contributed by atoms with E-state index in [4.69, 9.17) is 4.74 Å². The van der Waals surface area contributed by atoms with Gasteiger partial charge in [-0.15, -0.1) is 0 Å². The van der Waals surface area contributed by atoms with Gasteiger partial charge in [-0.2, -0.15) is 29.0 Å². The molecular weight excluding hydrogens is 585 g/mol. The highest BCUT2D eigenvalue weighted by molar-refractivity contribution is 5.63. The zero-order valence-electron chi connectivity index (χ0n) is 26.3. The first-order valence-electron chi connectivity index (χ1n) is 15.0. The van der Waals surface area contributed by atoms with Gasteiger partial charge in [-0.25, -0.2) is 0 Å². The normalized spacial score (nSPS) is 20.3. The van der Waals surface area contributed by atoms with Gasteiger partial charge in [-0.3, -0.25) is 0 Å². The second-order valence-electron chi connectivity index (χ2n) is 11.9. The lowest BCUT2D eigenvalue weighted by molar-refractivity contribution is -0.249. The quantitative estimate of drug-likeness (QED) is 0.275. The average Bonchev–Trinajstić information content (AvgIpc) is 3.37. The lowest BCUT2D eigenvalue weighted by Crippen LogP contribution is -2.43. The summed E-state index contributed by atoms with van der Waals surface area (Å²) < 4.78 is 50.6. The summed E-state index contributed by atoms with van der Waals surface area (Å²) in [5.74, 6) is -0.683. The highest BCUT2D eigenvalue weighted by Gasteiger charge is 2.65. The maximum Gasteiger partial charge on any atom is 0.437 e. The van der Waals surface area contributed by atoms with Gasteiger partial charge in [0.25, 0.3) is 5.60 Å². The number of ether oxygens (including phenoxy) is 1. The van der Waals surface area contributed by atoms with Crippen molar-refractivity contribution in [2.45, 2.75) is 52.3 Å². The largest absolute Gasteiger partial charge is 0.465 e. The molecule has 0 radical (unpaired) electrons. The molecule has 1 aliphatic heterocycles. The number of nitriles is 3. The minimum absolute atomic E-state index is 0.0988. The number of alkyl halides is 3. The molecule has 1 aliphatic carbocycles. The van der Waals surface area contributed by atoms with Crippen LogP contribution in [0.15, 0.2) is 119 Å². The Morgan fingerprint density at radius 2 is 1.57 bits per heavy atom. The van der Waals surface area contributed by atoms with Crippen LogP contribution in [0, 0.1) is 39.4 Å². The maximum atomic E-state index is 15.0. The Morgan fingerprint density at radius 1 is 0.913 bits per heavy atom. The monoisotopic (exact) mass is 620 g/mol. The van der Waals surface area contributed by atoms with Crippen molar-refractivity contribution in [1.29, 1.82) is 15.8 Å². The predicted molar refractivity (Wildman–Crippen MR) is 174 cm³/mol. The number of benzene rings is 2. The Bertz CT molecular complexity index is 1750. The minimum atomic E-state index is -5.03. The second kappa shape index (κ2) is 13.8. The van der Waals surface area contributed by atoms with Gasteiger partial charge in [0.1, 0.15) is 23.8 Å². The highest BCUT2D eigenvalue weighted by atomic mass is 19.4. The van der Waals surface area contributed by atoms with E-state index in [-0.39, 0.29) is 11.0 Å². The van der Waals surface area contributed by atoms with Crippen LogP contribution >= 0.6 is 0 Å². The van der Waals surface area contributed by atoms with E-state index >= 15 is 13.2 Å². The van der Waals surface area contributed by atoms with Gasteiger partial charge in [0.05, 0.1) is 0 Å². The van der Waals surface area contributed by atoms with Crippen molar-refractivity contribution in [2.24, 2.45) is 5.41 Å². The zero-order valence-corrected chi connectivity index (χ0v) is 26.3. The summed E-state index contributed by atoms with van der Waals surface area (Å²) in [6.45, 7) is 10.4. The third-order valence-electron chi connectivity index (χ3n) is 8.09. The van der Waals surface area contributed by atoms with Crippen molar-refractivity contribution in [1.82, 2.24) is 0 Å². The van der Waals surface area contributed by atoms with Crippen LogP contribution in [0.2, 0.25) is 0 Å². The molecule has 46 heavy (non-hydrogen) atoms. The Hall–Kier alpha value is -5.26. The summed E-state index contributed by atoms with van der Waals surface area (Å²) >= 11 is 0. The van der Waals surface area contributed by atoms with Crippen molar-refractivity contribution < 1.29 is 17.9 Å². The van der Waals surface area contributed by atoms with Crippen LogP contribution in [0.1, 0.15) is 51.7 Å². The molecule has 0 spiro atoms. The number of anilines is 1. The molecule has 0 saturated heterocycles. The van der Waals surface area contributed by atoms with Gasteiger partial charge in [0, 0.05) is 29.9 Å². The van der Waals surface area contributed by atoms with Crippen LogP contribution in [0.4, 0.5) is 18.9 Å². The van der Waals surface area contributed by atoms with E-state index in [9.17, 15) is 15.8 Å². The standard InChI is InChI=1S/C38H35F3N4O/c1-5-45(6-2)32-19-17-27(18-20-32)15-16-29-21-28(22-36(3,4)23-29)11-10-14-34-33(26-44)35(30(24-42)25-43)46-37(34,38(39,40)41)31-12-8-7-9-13-31/h7-21H,5-6,22-23H2,1-4H3/b14-10+,16-15+,28-11+. The van der Waals surface area contributed by atoms with Crippen LogP contribution in [0.3, 0.4) is 0 Å². The minimum Gasteiger partial charge on any atom is -0.465 e. The van der Waals surface area contributed by atoms with Crippen LogP contribution in [-0.2, 0) is 10.3 Å². The number of nitrogens with zero attached hydrogens (tertiary/aromatic N) is 4. The van der Waals surface area contributed by atoms with Crippen LogP contribution in [0.25, 0.3) is 6.08 Å². The topological polar surface area (TPSA) is 83.8 Å². The molecular formula is C38H35F3N4O. The summed E-state index contributed by atoms with van der Waals surface area (Å²) in [6.07, 6.45) is 7.05. The van der Waals surface area contributed by atoms with Crippen molar-refractivity contribution in [3.8, 4) is 18.2 Å². The first kappa shape index (κ1) is 33.6. The molecule has 1 unspecified atom stereocenters. The molecule has 234 valence electrons. The Morgan fingerprint density at radius 3 is 2.13 bits per heavy atom. The zero-order chi connectivity index (χ0) is 33.5. The first-order chi connectivity index (χ1) is 21.9. The van der Waals surface area contributed by atoms with Crippen LogP contribution in [-0.4, -0.2) is 19.3 Å². The molecule has 2 aromatic carbocycles. The summed E-state index contributed by atoms with van der Waals surface area (Å²) in [5, 5.41) is 28.9. The van der Waals surface area contributed by atoms with Gasteiger partial charge in [0.15, 0.2) is 11.3 Å². The molecule has 0 fully saturated rings. The fourth-order valence-corrected chi connectivity index (χ4v) is 6.01. The molecule has 2 aromatic rings. The van der Waals surface area contributed by atoms with Crippen molar-refractivity contribution in [2.75, 3.05) is 18.0 Å². The number of rotatable bonds is 8. The molecule has 0 aromatic heterocycles. The predicted octanol–water partition coefficient (Wildman–Crippen LogP) is 9.38. The fourth-order valence-electron chi connectivity index (χ4n) is 6.01. The van der Waals surface area contributed by atoms with E-state index in [0.29, 0.717) is 6.42 Å². The molecule has 0 N–H and O–H groups in total. The van der Waals surface area contributed by atoms with E-state index in [2.05, 4.69) is 69.0 Å². The van der Waals surface area contributed by atoms with Gasteiger partial charge in [-0.1, -0.05) is 92.8 Å². The smallest absolute Gasteiger partial charge is 0.437 e. The van der Waals surface area contributed by atoms with Crippen molar-refractivity contribution in [3.63, 3.8) is 0 Å². The number of hydrogen-bond donors (Lipinski definition) is 0. The third-order valence-corrected chi connectivity index (χ3v) is 8.09. The molecule has 2 aliphatic rings. The molecule has 0 saturated carbocycles. The SMILES string of the molecule is CCN(CC)c1ccc(/C=C/C2=CC(=C\C=C\C3=C(C#N)C(=C(C#N)C#N)OC3(c3ccccc3)C(F)(F)F)/CC(C)(C)C2)cc1. The van der Waals surface area contributed by atoms with Gasteiger partial charge in [0.2, 0.25) is 0 Å². The summed E-state index contributed by atoms with van der Waals surface area (Å²) in [7, 11) is 0. The first-order valence-corrected chi connectivity index (χ1v) is 15.0. The number of allylic oxidation sites excluding steroid dienone is 8. The lowest BCUT2D eigenvalue weighted by Gasteiger charge is -2.33. The Balaban J connectivity index is 1.75. The molecule has 0 amide bonds. The van der Waals surface area contributed by atoms with E-state index in [1.807, 2.05) is 6.08 Å². The summed E-state index contributed by atoms with van der Waals surface area (Å²) in [4.78, 5) is 2.28. The molecule has 1 heterocycles. The third kappa shape index (κ3) is 6.85. The second-order valence-corrected chi connectivity index (χ2v) is 11.9. The highest BCUT2D eigenvalue weighted by Crippen LogP contribution is 2.55. The van der Waals surface area contributed by atoms with E-state index in [1.165, 1.54) is 42.1 Å². The fraction of sp³-hybridized carbons (Fsp3) is 0.289. The average molecular weight is 621 g/mol. The lowest BCUT2D eigenvalue weighted by atomic mass is 9.75. The van der Waals surface area contributed by atoms with Crippen LogP contribution < -0.4 is 4.90 Å². The molecule has 1 atom stereocenters. The summed E-state index contributed by atoms with van der Waals surface area (Å²) in [6, 6.07) is 20.2. The van der Waals surface area contributed by atoms with Gasteiger partial charge < -0.3 is 9.64 Å². The van der Waals surface area contributed by atoms with Gasteiger partial charge >= 0.3 is 6.18 Å². The van der Waals surface area contributed by atoms with Crippen LogP contribution in [0.5, 0.6) is 0 Å².